The molecule has 1 aromatic heterocycles. The molecule has 0 spiro atoms. The molecular formula is C10H8N6O4. The molecule has 0 aliphatic heterocycles. The number of aromatic amines is 1. The Morgan fingerprint density at radius 3 is 3.00 bits per heavy atom. The maximum atomic E-state index is 10.9. The number of hydrogen-bond acceptors (Lipinski definition) is 8. The number of hydrazone groups is 1. The van der Waals surface area contributed by atoms with Gasteiger partial charge in [-0.25, -0.2) is 5.43 Å². The van der Waals surface area contributed by atoms with Crippen molar-refractivity contribution in [2.24, 2.45) is 5.10 Å². The average molecular weight is 276 g/mol. The van der Waals surface area contributed by atoms with Gasteiger partial charge in [-0.05, 0) is 12.1 Å². The molecule has 1 aromatic carbocycles. The number of nitro groups is 1. The second kappa shape index (κ2) is 5.56. The molecule has 0 aliphatic rings. The molecule has 3 N–H and O–H groups in total. The molecule has 0 amide bonds. The van der Waals surface area contributed by atoms with Crippen molar-refractivity contribution in [2.45, 2.75) is 0 Å². The number of phenols is 1. The summed E-state index contributed by atoms with van der Waals surface area (Å²) in [6.45, 7) is 0. The van der Waals surface area contributed by atoms with E-state index in [1.807, 2.05) is 0 Å². The summed E-state index contributed by atoms with van der Waals surface area (Å²) in [5.74, 6) is -0.402. The molecule has 102 valence electrons. The highest BCUT2D eigenvalue weighted by Crippen LogP contribution is 2.25. The van der Waals surface area contributed by atoms with Crippen LogP contribution in [0.3, 0.4) is 0 Å². The normalized spacial score (nSPS) is 10.6. The molecule has 0 unspecified atom stereocenters. The lowest BCUT2D eigenvalue weighted by atomic mass is 10.2. The quantitative estimate of drug-likeness (QED) is 0.411. The van der Waals surface area contributed by atoms with Crippen LogP contribution in [0, 0.1) is 10.1 Å². The molecule has 0 bridgehead atoms. The summed E-state index contributed by atoms with van der Waals surface area (Å²) in [5, 5.41) is 30.6. The Labute approximate surface area is 111 Å². The highest BCUT2D eigenvalue weighted by Gasteiger charge is 2.12. The number of anilines is 1. The van der Waals surface area contributed by atoms with Crippen LogP contribution < -0.4 is 11.0 Å². The number of nitrogens with one attached hydrogen (secondary N) is 2. The van der Waals surface area contributed by atoms with E-state index in [-0.39, 0.29) is 5.95 Å². The predicted molar refractivity (Wildman–Crippen MR) is 68.6 cm³/mol. The third-order valence-corrected chi connectivity index (χ3v) is 2.15. The van der Waals surface area contributed by atoms with Gasteiger partial charge in [0.25, 0.3) is 5.56 Å². The van der Waals surface area contributed by atoms with Crippen LogP contribution in [0.1, 0.15) is 5.56 Å². The Balaban J connectivity index is 2.14. The van der Waals surface area contributed by atoms with Crippen LogP contribution in [-0.4, -0.2) is 31.4 Å². The third kappa shape index (κ3) is 3.13. The monoisotopic (exact) mass is 276 g/mol. The van der Waals surface area contributed by atoms with E-state index in [0.717, 1.165) is 12.3 Å². The molecule has 10 heteroatoms. The minimum Gasteiger partial charge on any atom is -0.502 e. The van der Waals surface area contributed by atoms with Gasteiger partial charge < -0.3 is 5.11 Å². The molecule has 1 heterocycles. The second-order valence-electron chi connectivity index (χ2n) is 3.56. The Hall–Kier alpha value is -3.30. The Bertz CT molecular complexity index is 726. The average Bonchev–Trinajstić information content (AvgIpc) is 2.40. The smallest absolute Gasteiger partial charge is 0.311 e. The number of nitro benzene ring substituents is 1. The van der Waals surface area contributed by atoms with Crippen LogP contribution in [-0.2, 0) is 0 Å². The number of H-pyrrole nitrogens is 1. The maximum Gasteiger partial charge on any atom is 0.311 e. The van der Waals surface area contributed by atoms with Crippen LogP contribution in [0.15, 0.2) is 34.3 Å². The van der Waals surface area contributed by atoms with Gasteiger partial charge in [-0.1, -0.05) is 0 Å². The van der Waals surface area contributed by atoms with Gasteiger partial charge in [0.2, 0.25) is 5.95 Å². The number of rotatable bonds is 4. The lowest BCUT2D eigenvalue weighted by Crippen LogP contribution is -2.10. The molecule has 2 rings (SSSR count). The van der Waals surface area contributed by atoms with Gasteiger partial charge >= 0.3 is 5.69 Å². The van der Waals surface area contributed by atoms with E-state index in [4.69, 9.17) is 0 Å². The summed E-state index contributed by atoms with van der Waals surface area (Å²) >= 11 is 0. The van der Waals surface area contributed by atoms with Crippen LogP contribution in [0.4, 0.5) is 11.6 Å². The minimum atomic E-state index is -0.708. The number of hydrogen-bond donors (Lipinski definition) is 3. The van der Waals surface area contributed by atoms with Gasteiger partial charge in [-0.15, -0.1) is 10.2 Å². The molecular weight excluding hydrogens is 268 g/mol. The number of phenolic OH excluding ortho intramolecular Hbond substituents is 1. The number of benzene rings is 1. The van der Waals surface area contributed by atoms with Crippen molar-refractivity contribution in [3.63, 3.8) is 0 Å². The summed E-state index contributed by atoms with van der Waals surface area (Å²) in [6.07, 6.45) is 2.26. The predicted octanol–water partition coefficient (Wildman–Crippen LogP) is 0.225. The van der Waals surface area contributed by atoms with Crippen molar-refractivity contribution in [2.75, 3.05) is 5.43 Å². The standard InChI is InChI=1S/C10H8N6O4/c17-8-2-1-6(3-7(8)16(19)20)4-11-14-10-13-9(18)5-12-15-10/h1-5,17H,(H2,13,14,15,18)/b11-4-. The number of aromatic nitrogens is 3. The minimum absolute atomic E-state index is 0.0297. The summed E-state index contributed by atoms with van der Waals surface area (Å²) < 4.78 is 0. The fraction of sp³-hybridized carbons (Fsp3) is 0. The summed E-state index contributed by atoms with van der Waals surface area (Å²) in [7, 11) is 0. The van der Waals surface area contributed by atoms with Crippen molar-refractivity contribution in [3.8, 4) is 5.75 Å². The molecule has 0 saturated carbocycles. The van der Waals surface area contributed by atoms with Gasteiger partial charge in [0, 0.05) is 11.6 Å². The molecule has 0 saturated heterocycles. The second-order valence-corrected chi connectivity index (χ2v) is 3.56. The van der Waals surface area contributed by atoms with E-state index >= 15 is 0 Å². The number of nitrogens with zero attached hydrogens (tertiary/aromatic N) is 4. The molecule has 0 aliphatic carbocycles. The first-order chi connectivity index (χ1) is 9.56. The highest BCUT2D eigenvalue weighted by atomic mass is 16.6. The molecule has 0 fully saturated rings. The molecule has 0 radical (unpaired) electrons. The van der Waals surface area contributed by atoms with Crippen molar-refractivity contribution in [1.82, 2.24) is 15.2 Å². The SMILES string of the molecule is O=c1cnnc(N/N=C\c2ccc(O)c([N+](=O)[O-])c2)[nH]1. The topological polar surface area (TPSA) is 146 Å². The summed E-state index contributed by atoms with van der Waals surface area (Å²) in [5.41, 5.74) is 1.91. The van der Waals surface area contributed by atoms with Crippen LogP contribution in [0.2, 0.25) is 0 Å². The summed E-state index contributed by atoms with van der Waals surface area (Å²) in [4.78, 5) is 23.2. The molecule has 10 nitrogen and oxygen atoms in total. The first kappa shape index (κ1) is 13.1. The van der Waals surface area contributed by atoms with Gasteiger partial charge in [-0.2, -0.15) is 5.10 Å². The van der Waals surface area contributed by atoms with E-state index in [2.05, 4.69) is 25.7 Å². The van der Waals surface area contributed by atoms with E-state index < -0.39 is 21.9 Å². The lowest BCUT2D eigenvalue weighted by Gasteiger charge is -1.98. The zero-order valence-electron chi connectivity index (χ0n) is 9.85. The van der Waals surface area contributed by atoms with E-state index in [9.17, 15) is 20.0 Å². The van der Waals surface area contributed by atoms with Crippen molar-refractivity contribution in [3.05, 3.63) is 50.4 Å². The zero-order valence-corrected chi connectivity index (χ0v) is 9.85. The molecule has 0 atom stereocenters. The van der Waals surface area contributed by atoms with Crippen LogP contribution in [0.25, 0.3) is 0 Å². The lowest BCUT2D eigenvalue weighted by molar-refractivity contribution is -0.385. The maximum absolute atomic E-state index is 10.9. The third-order valence-electron chi connectivity index (χ3n) is 2.15. The van der Waals surface area contributed by atoms with Crippen molar-refractivity contribution >= 4 is 17.9 Å². The Morgan fingerprint density at radius 1 is 1.50 bits per heavy atom. The van der Waals surface area contributed by atoms with Crippen LogP contribution >= 0.6 is 0 Å². The van der Waals surface area contributed by atoms with Gasteiger partial charge in [0.05, 0.1) is 11.1 Å². The fourth-order valence-corrected chi connectivity index (χ4v) is 1.30. The van der Waals surface area contributed by atoms with Gasteiger partial charge in [-0.3, -0.25) is 19.9 Å². The van der Waals surface area contributed by atoms with E-state index in [0.29, 0.717) is 5.56 Å². The van der Waals surface area contributed by atoms with Crippen molar-refractivity contribution < 1.29 is 10.0 Å². The molecule has 20 heavy (non-hydrogen) atoms. The highest BCUT2D eigenvalue weighted by molar-refractivity contribution is 5.81. The largest absolute Gasteiger partial charge is 0.502 e. The van der Waals surface area contributed by atoms with Gasteiger partial charge in [0.1, 0.15) is 6.20 Å². The number of aromatic hydroxyl groups is 1. The van der Waals surface area contributed by atoms with Crippen LogP contribution in [0.5, 0.6) is 5.75 Å². The first-order valence-corrected chi connectivity index (χ1v) is 5.25. The zero-order chi connectivity index (χ0) is 14.5. The Morgan fingerprint density at radius 2 is 2.30 bits per heavy atom. The van der Waals surface area contributed by atoms with E-state index in [1.54, 1.807) is 0 Å². The molecule has 2 aromatic rings. The van der Waals surface area contributed by atoms with Crippen molar-refractivity contribution in [1.29, 1.82) is 0 Å². The summed E-state index contributed by atoms with van der Waals surface area (Å²) in [6, 6.07) is 3.77. The van der Waals surface area contributed by atoms with E-state index in [1.165, 1.54) is 18.3 Å². The Kier molecular flexibility index (Phi) is 3.65. The fourth-order valence-electron chi connectivity index (χ4n) is 1.30. The first-order valence-electron chi connectivity index (χ1n) is 5.25. The van der Waals surface area contributed by atoms with Gasteiger partial charge in [0.15, 0.2) is 5.75 Å².